The summed E-state index contributed by atoms with van der Waals surface area (Å²) in [5, 5.41) is 7.74. The molecule has 34 heavy (non-hydrogen) atoms. The number of hydrogen-bond donors (Lipinski definition) is 0. The lowest BCUT2D eigenvalue weighted by atomic mass is 10.0. The number of fused-ring (bicyclic) bond motifs is 1. The number of alkyl halides is 6. The Hall–Kier alpha value is -2.86. The fraction of sp³-hybridized carbons (Fsp3) is 0.455. The van der Waals surface area contributed by atoms with E-state index in [0.29, 0.717) is 18.7 Å². The van der Waals surface area contributed by atoms with Crippen LogP contribution in [0.3, 0.4) is 0 Å². The summed E-state index contributed by atoms with van der Waals surface area (Å²) in [7, 11) is 3.18. The summed E-state index contributed by atoms with van der Waals surface area (Å²) < 4.78 is 94.1. The molecule has 3 heterocycles. The molecule has 0 amide bonds. The predicted octanol–water partition coefficient (Wildman–Crippen LogP) is 5.39. The molecule has 0 aliphatic carbocycles. The minimum Gasteiger partial charge on any atom is -0.467 e. The van der Waals surface area contributed by atoms with E-state index in [1.54, 1.807) is 10.8 Å². The second-order valence-electron chi connectivity index (χ2n) is 8.20. The number of likely N-dealkylation sites (tertiary alicyclic amines) is 1. The Morgan fingerprint density at radius 3 is 2.47 bits per heavy atom. The highest BCUT2D eigenvalue weighted by Gasteiger charge is 2.40. The third-order valence-corrected chi connectivity index (χ3v) is 5.81. The maximum absolute atomic E-state index is 14.3. The van der Waals surface area contributed by atoms with Crippen molar-refractivity contribution in [1.82, 2.24) is 19.7 Å². The summed E-state index contributed by atoms with van der Waals surface area (Å²) >= 11 is 0. The van der Waals surface area contributed by atoms with Crippen LogP contribution in [0.2, 0.25) is 0 Å². The number of methoxy groups -OCH3 is 1. The van der Waals surface area contributed by atoms with Gasteiger partial charge in [0.1, 0.15) is 11.4 Å². The summed E-state index contributed by atoms with van der Waals surface area (Å²) in [6.45, 7) is 1.09. The van der Waals surface area contributed by atoms with Crippen LogP contribution < -0.4 is 4.74 Å². The van der Waals surface area contributed by atoms with Crippen molar-refractivity contribution in [2.24, 2.45) is 0 Å². The first-order chi connectivity index (χ1) is 16.0. The van der Waals surface area contributed by atoms with Crippen LogP contribution in [0.15, 0.2) is 30.5 Å². The average Bonchev–Trinajstić information content (AvgIpc) is 3.19. The first-order valence-electron chi connectivity index (χ1n) is 10.5. The number of likely N-dealkylation sites (N-methyl/N-ethyl adjacent to an activating group) is 1. The lowest BCUT2D eigenvalue weighted by Gasteiger charge is -2.30. The van der Waals surface area contributed by atoms with Gasteiger partial charge in [0, 0.05) is 36.8 Å². The summed E-state index contributed by atoms with van der Waals surface area (Å²) in [6, 6.07) is 3.48. The van der Waals surface area contributed by atoms with Crippen molar-refractivity contribution in [2.75, 3.05) is 34.0 Å². The molecular weight excluding hydrogens is 466 g/mol. The molecular formula is C22H22F6N4O2. The zero-order valence-corrected chi connectivity index (χ0v) is 18.4. The van der Waals surface area contributed by atoms with Crippen LogP contribution in [0.25, 0.3) is 22.3 Å². The first kappa shape index (κ1) is 24.3. The SMILES string of the molecule is COCOc1cc(C(F)(F)F)ccc1-c1nnc2c(ccn2[C@@H]2CCCN(C)C2)c1C(F)(F)F. The molecule has 0 spiro atoms. The van der Waals surface area contributed by atoms with E-state index >= 15 is 0 Å². The Bertz CT molecular complexity index is 1170. The van der Waals surface area contributed by atoms with Gasteiger partial charge in [0.25, 0.3) is 0 Å². The normalized spacial score (nSPS) is 17.9. The Balaban J connectivity index is 1.89. The van der Waals surface area contributed by atoms with Crippen molar-refractivity contribution in [3.8, 4) is 17.0 Å². The highest BCUT2D eigenvalue weighted by Crippen LogP contribution is 2.44. The van der Waals surface area contributed by atoms with Gasteiger partial charge in [-0.15, -0.1) is 10.2 Å². The van der Waals surface area contributed by atoms with E-state index in [2.05, 4.69) is 15.1 Å². The van der Waals surface area contributed by atoms with Gasteiger partial charge in [0.2, 0.25) is 0 Å². The molecule has 0 N–H and O–H groups in total. The molecule has 184 valence electrons. The quantitative estimate of drug-likeness (QED) is 0.356. The molecule has 3 aromatic rings. The summed E-state index contributed by atoms with van der Waals surface area (Å²) in [4.78, 5) is 2.09. The number of benzene rings is 1. The third-order valence-electron chi connectivity index (χ3n) is 5.81. The molecule has 1 aromatic carbocycles. The highest BCUT2D eigenvalue weighted by atomic mass is 19.4. The van der Waals surface area contributed by atoms with Crippen LogP contribution >= 0.6 is 0 Å². The molecule has 1 aliphatic heterocycles. The molecule has 1 aliphatic rings. The van der Waals surface area contributed by atoms with Crippen LogP contribution in [0.4, 0.5) is 26.3 Å². The standard InChI is InChI=1S/C22H22F6N4O2/c1-31-8-3-4-14(11-31)32-9-7-16-18(22(26,27)28)19(29-30-20(16)32)15-6-5-13(21(23,24)25)10-17(15)34-12-33-2/h5-7,9-10,14H,3-4,8,11-12H2,1-2H3/t14-/m1/s1. The van der Waals surface area contributed by atoms with Crippen LogP contribution in [0.1, 0.15) is 30.0 Å². The predicted molar refractivity (Wildman–Crippen MR) is 111 cm³/mol. The third kappa shape index (κ3) is 4.69. The largest absolute Gasteiger partial charge is 0.467 e. The second-order valence-corrected chi connectivity index (χ2v) is 8.20. The van der Waals surface area contributed by atoms with E-state index in [4.69, 9.17) is 9.47 Å². The summed E-state index contributed by atoms with van der Waals surface area (Å²) in [5.41, 5.74) is -2.96. The second kappa shape index (κ2) is 9.06. The van der Waals surface area contributed by atoms with E-state index in [0.717, 1.165) is 25.5 Å². The number of aromatic nitrogens is 3. The number of piperidine rings is 1. The Labute approximate surface area is 191 Å². The zero-order chi connectivity index (χ0) is 24.7. The maximum atomic E-state index is 14.3. The molecule has 2 aromatic heterocycles. The fourth-order valence-corrected chi connectivity index (χ4v) is 4.29. The van der Waals surface area contributed by atoms with Crippen molar-refractivity contribution in [3.63, 3.8) is 0 Å². The molecule has 0 saturated carbocycles. The van der Waals surface area contributed by atoms with Crippen molar-refractivity contribution >= 4 is 11.0 Å². The number of rotatable bonds is 5. The van der Waals surface area contributed by atoms with Gasteiger partial charge >= 0.3 is 12.4 Å². The van der Waals surface area contributed by atoms with Gasteiger partial charge in [-0.05, 0) is 50.7 Å². The maximum Gasteiger partial charge on any atom is 0.419 e. The lowest BCUT2D eigenvalue weighted by Crippen LogP contribution is -2.33. The van der Waals surface area contributed by atoms with Crippen molar-refractivity contribution in [1.29, 1.82) is 0 Å². The van der Waals surface area contributed by atoms with Crippen molar-refractivity contribution < 1.29 is 35.8 Å². The molecule has 12 heteroatoms. The average molecular weight is 488 g/mol. The fourth-order valence-electron chi connectivity index (χ4n) is 4.29. The number of halogens is 6. The summed E-state index contributed by atoms with van der Waals surface area (Å²) in [6.07, 6.45) is -6.33. The van der Waals surface area contributed by atoms with Crippen LogP contribution in [-0.4, -0.2) is 53.7 Å². The van der Waals surface area contributed by atoms with Gasteiger partial charge in [-0.25, -0.2) is 0 Å². The molecule has 0 radical (unpaired) electrons. The molecule has 1 atom stereocenters. The smallest absolute Gasteiger partial charge is 0.419 e. The Morgan fingerprint density at radius 2 is 1.82 bits per heavy atom. The molecule has 4 rings (SSSR count). The summed E-state index contributed by atoms with van der Waals surface area (Å²) in [5.74, 6) is -0.441. The Morgan fingerprint density at radius 1 is 1.06 bits per heavy atom. The van der Waals surface area contributed by atoms with E-state index in [1.807, 2.05) is 7.05 Å². The zero-order valence-electron chi connectivity index (χ0n) is 18.4. The number of hydrogen-bond acceptors (Lipinski definition) is 5. The molecule has 0 unspecified atom stereocenters. The van der Waals surface area contributed by atoms with Crippen LogP contribution in [-0.2, 0) is 17.1 Å². The lowest BCUT2D eigenvalue weighted by molar-refractivity contribution is -0.138. The van der Waals surface area contributed by atoms with Gasteiger partial charge < -0.3 is 18.9 Å². The van der Waals surface area contributed by atoms with Gasteiger partial charge in [0.05, 0.1) is 11.1 Å². The van der Waals surface area contributed by atoms with E-state index in [1.165, 1.54) is 13.2 Å². The monoisotopic (exact) mass is 488 g/mol. The van der Waals surface area contributed by atoms with E-state index < -0.39 is 41.7 Å². The van der Waals surface area contributed by atoms with E-state index in [-0.39, 0.29) is 22.6 Å². The van der Waals surface area contributed by atoms with Gasteiger partial charge in [-0.1, -0.05) is 0 Å². The first-order valence-corrected chi connectivity index (χ1v) is 10.5. The molecule has 1 saturated heterocycles. The van der Waals surface area contributed by atoms with Crippen LogP contribution in [0.5, 0.6) is 5.75 Å². The Kier molecular flexibility index (Phi) is 6.47. The van der Waals surface area contributed by atoms with Gasteiger partial charge in [-0.3, -0.25) is 0 Å². The van der Waals surface area contributed by atoms with Crippen molar-refractivity contribution in [2.45, 2.75) is 31.2 Å². The minimum absolute atomic E-state index is 0.0656. The number of nitrogens with zero attached hydrogens (tertiary/aromatic N) is 4. The van der Waals surface area contributed by atoms with Crippen molar-refractivity contribution in [3.05, 3.63) is 41.6 Å². The molecule has 1 fully saturated rings. The van der Waals surface area contributed by atoms with Crippen LogP contribution in [0, 0.1) is 0 Å². The molecule has 6 nitrogen and oxygen atoms in total. The number of ether oxygens (including phenoxy) is 2. The highest BCUT2D eigenvalue weighted by molar-refractivity contribution is 5.87. The van der Waals surface area contributed by atoms with E-state index in [9.17, 15) is 26.3 Å². The molecule has 0 bridgehead atoms. The minimum atomic E-state index is -4.85. The van der Waals surface area contributed by atoms with Gasteiger partial charge in [-0.2, -0.15) is 26.3 Å². The van der Waals surface area contributed by atoms with Gasteiger partial charge in [0.15, 0.2) is 12.4 Å². The topological polar surface area (TPSA) is 52.4 Å².